The van der Waals surface area contributed by atoms with E-state index in [1.165, 1.54) is 12.8 Å². The second-order valence-corrected chi connectivity index (χ2v) is 8.27. The van der Waals surface area contributed by atoms with Gasteiger partial charge in [0.15, 0.2) is 5.78 Å². The van der Waals surface area contributed by atoms with Crippen LogP contribution in [0.5, 0.6) is 0 Å². The van der Waals surface area contributed by atoms with Crippen LogP contribution in [0.4, 0.5) is 0 Å². The molecule has 4 heteroatoms. The Morgan fingerprint density at radius 3 is 2.00 bits per heavy atom. The van der Waals surface area contributed by atoms with Gasteiger partial charge in [0.1, 0.15) is 0 Å². The maximum atomic E-state index is 12.9. The fourth-order valence-electron chi connectivity index (χ4n) is 2.99. The fourth-order valence-corrected chi connectivity index (χ4v) is 4.36. The Morgan fingerprint density at radius 1 is 1.00 bits per heavy atom. The third kappa shape index (κ3) is 3.71. The van der Waals surface area contributed by atoms with Gasteiger partial charge in [0.25, 0.3) is 0 Å². The normalized spacial score (nSPS) is 23.0. The second-order valence-electron chi connectivity index (χ2n) is 6.31. The zero-order valence-corrected chi connectivity index (χ0v) is 14.5. The summed E-state index contributed by atoms with van der Waals surface area (Å²) in [7, 11) is 0. The molecule has 0 bridgehead atoms. The molecule has 3 heterocycles. The standard InChI is InChI=1S/C19H19NOS2/c21-19-15(9-17-3-1-7-22-17)12-20(11-14-5-6-14)13-16(19)10-18-4-2-8-23-18/h1-4,7-10,14H,5-6,11-13H2. The number of carbonyl (C=O) groups is 1. The summed E-state index contributed by atoms with van der Waals surface area (Å²) in [4.78, 5) is 17.6. The van der Waals surface area contributed by atoms with Gasteiger partial charge < -0.3 is 0 Å². The van der Waals surface area contributed by atoms with Gasteiger partial charge in [-0.15, -0.1) is 22.7 Å². The third-order valence-electron chi connectivity index (χ3n) is 4.30. The Hall–Kier alpha value is -1.49. The van der Waals surface area contributed by atoms with Crippen LogP contribution in [0.15, 0.2) is 46.2 Å². The summed E-state index contributed by atoms with van der Waals surface area (Å²) in [5, 5.41) is 4.12. The summed E-state index contributed by atoms with van der Waals surface area (Å²) in [6, 6.07) is 8.23. The molecule has 118 valence electrons. The largest absolute Gasteiger partial charge is 0.294 e. The summed E-state index contributed by atoms with van der Waals surface area (Å²) in [6.07, 6.45) is 6.85. The molecule has 0 atom stereocenters. The Kier molecular flexibility index (Phi) is 4.29. The number of likely N-dealkylation sites (tertiary alicyclic amines) is 1. The predicted octanol–water partition coefficient (Wildman–Crippen LogP) is 4.57. The Bertz CT molecular complexity index is 680. The van der Waals surface area contributed by atoms with Gasteiger partial charge in [-0.2, -0.15) is 0 Å². The van der Waals surface area contributed by atoms with Crippen LogP contribution in [-0.4, -0.2) is 30.3 Å². The van der Waals surface area contributed by atoms with E-state index in [1.807, 2.05) is 12.1 Å². The molecule has 4 rings (SSSR count). The van der Waals surface area contributed by atoms with Crippen LogP contribution in [-0.2, 0) is 4.79 Å². The topological polar surface area (TPSA) is 20.3 Å². The molecule has 2 aliphatic rings. The fraction of sp³-hybridized carbons (Fsp3) is 0.316. The number of piperidine rings is 1. The Morgan fingerprint density at radius 2 is 1.57 bits per heavy atom. The van der Waals surface area contributed by atoms with Crippen LogP contribution in [0.3, 0.4) is 0 Å². The molecule has 1 aliphatic heterocycles. The van der Waals surface area contributed by atoms with Crippen LogP contribution in [0.2, 0.25) is 0 Å². The lowest BCUT2D eigenvalue weighted by atomic mass is 9.96. The first kappa shape index (κ1) is 15.1. The van der Waals surface area contributed by atoms with Gasteiger partial charge in [-0.3, -0.25) is 9.69 Å². The summed E-state index contributed by atoms with van der Waals surface area (Å²) < 4.78 is 0. The highest BCUT2D eigenvalue weighted by Gasteiger charge is 2.30. The number of ketones is 1. The molecule has 0 spiro atoms. The van der Waals surface area contributed by atoms with Crippen molar-refractivity contribution in [3.63, 3.8) is 0 Å². The molecule has 2 nitrogen and oxygen atoms in total. The molecule has 0 radical (unpaired) electrons. The molecule has 1 saturated carbocycles. The molecule has 2 fully saturated rings. The van der Waals surface area contributed by atoms with Crippen molar-refractivity contribution in [2.24, 2.45) is 5.92 Å². The van der Waals surface area contributed by atoms with Crippen LogP contribution < -0.4 is 0 Å². The maximum Gasteiger partial charge on any atom is 0.187 e. The van der Waals surface area contributed by atoms with E-state index in [2.05, 4.69) is 39.9 Å². The van der Waals surface area contributed by atoms with Gasteiger partial charge in [-0.05, 0) is 53.8 Å². The summed E-state index contributed by atoms with van der Waals surface area (Å²) in [5.74, 6) is 1.06. The molecular weight excluding hydrogens is 322 g/mol. The number of thiophene rings is 2. The van der Waals surface area contributed by atoms with Crippen molar-refractivity contribution in [1.29, 1.82) is 0 Å². The Labute approximate surface area is 144 Å². The van der Waals surface area contributed by atoms with E-state index in [9.17, 15) is 4.79 Å². The van der Waals surface area contributed by atoms with E-state index in [0.717, 1.165) is 46.5 Å². The highest BCUT2D eigenvalue weighted by molar-refractivity contribution is 7.11. The highest BCUT2D eigenvalue weighted by atomic mass is 32.1. The van der Waals surface area contributed by atoms with Crippen molar-refractivity contribution in [2.45, 2.75) is 12.8 Å². The average Bonchev–Trinajstić information content (AvgIpc) is 3.01. The van der Waals surface area contributed by atoms with Gasteiger partial charge in [0.2, 0.25) is 0 Å². The molecule has 0 aromatic carbocycles. The van der Waals surface area contributed by atoms with Crippen molar-refractivity contribution in [3.05, 3.63) is 55.9 Å². The molecule has 1 aliphatic carbocycles. The van der Waals surface area contributed by atoms with Gasteiger partial charge in [0.05, 0.1) is 0 Å². The average molecular weight is 342 g/mol. The van der Waals surface area contributed by atoms with E-state index in [0.29, 0.717) is 0 Å². The monoisotopic (exact) mass is 341 g/mol. The second kappa shape index (κ2) is 6.56. The summed E-state index contributed by atoms with van der Waals surface area (Å²) in [5.41, 5.74) is 1.87. The quantitative estimate of drug-likeness (QED) is 0.759. The lowest BCUT2D eigenvalue weighted by Crippen LogP contribution is -2.38. The number of hydrogen-bond acceptors (Lipinski definition) is 4. The molecule has 0 amide bonds. The zero-order chi connectivity index (χ0) is 15.6. The number of nitrogens with zero attached hydrogens (tertiary/aromatic N) is 1. The van der Waals surface area contributed by atoms with Crippen molar-refractivity contribution >= 4 is 40.6 Å². The lowest BCUT2D eigenvalue weighted by Gasteiger charge is -2.29. The minimum Gasteiger partial charge on any atom is -0.294 e. The van der Waals surface area contributed by atoms with Crippen molar-refractivity contribution < 1.29 is 4.79 Å². The smallest absolute Gasteiger partial charge is 0.187 e. The van der Waals surface area contributed by atoms with Gasteiger partial charge in [0, 0.05) is 40.5 Å². The van der Waals surface area contributed by atoms with Crippen LogP contribution in [0.1, 0.15) is 22.6 Å². The van der Waals surface area contributed by atoms with E-state index in [-0.39, 0.29) is 5.78 Å². The molecule has 0 unspecified atom stereocenters. The molecule has 0 N–H and O–H groups in total. The zero-order valence-electron chi connectivity index (χ0n) is 12.9. The summed E-state index contributed by atoms with van der Waals surface area (Å²) >= 11 is 3.38. The lowest BCUT2D eigenvalue weighted by molar-refractivity contribution is -0.113. The van der Waals surface area contributed by atoms with Crippen LogP contribution >= 0.6 is 22.7 Å². The number of rotatable bonds is 4. The van der Waals surface area contributed by atoms with Crippen molar-refractivity contribution in [1.82, 2.24) is 4.90 Å². The van der Waals surface area contributed by atoms with Gasteiger partial charge >= 0.3 is 0 Å². The van der Waals surface area contributed by atoms with Crippen LogP contribution in [0, 0.1) is 5.92 Å². The van der Waals surface area contributed by atoms with Gasteiger partial charge in [-0.1, -0.05) is 12.1 Å². The molecule has 2 aromatic rings. The van der Waals surface area contributed by atoms with E-state index < -0.39 is 0 Å². The Balaban J connectivity index is 1.63. The minimum atomic E-state index is 0.221. The minimum absolute atomic E-state index is 0.221. The predicted molar refractivity (Wildman–Crippen MR) is 98.8 cm³/mol. The SMILES string of the molecule is O=C1C(=Cc2cccs2)CN(CC2CC2)CC1=Cc1cccs1. The van der Waals surface area contributed by atoms with Crippen molar-refractivity contribution in [2.75, 3.05) is 19.6 Å². The van der Waals surface area contributed by atoms with E-state index in [4.69, 9.17) is 0 Å². The number of hydrogen-bond donors (Lipinski definition) is 0. The molecular formula is C19H19NOS2. The first-order valence-electron chi connectivity index (χ1n) is 8.03. The third-order valence-corrected chi connectivity index (χ3v) is 5.94. The first-order valence-corrected chi connectivity index (χ1v) is 9.79. The highest BCUT2D eigenvalue weighted by Crippen LogP contribution is 2.32. The van der Waals surface area contributed by atoms with Gasteiger partial charge in [-0.25, -0.2) is 0 Å². The van der Waals surface area contributed by atoms with E-state index >= 15 is 0 Å². The first-order chi connectivity index (χ1) is 11.3. The maximum absolute atomic E-state index is 12.9. The molecule has 23 heavy (non-hydrogen) atoms. The van der Waals surface area contributed by atoms with Crippen molar-refractivity contribution in [3.8, 4) is 0 Å². The summed E-state index contributed by atoms with van der Waals surface area (Å²) in [6.45, 7) is 2.70. The molecule has 2 aromatic heterocycles. The number of Topliss-reactive ketones (excluding diaryl/α,β-unsaturated/α-hetero) is 1. The number of carbonyl (C=O) groups excluding carboxylic acids is 1. The van der Waals surface area contributed by atoms with Crippen LogP contribution in [0.25, 0.3) is 12.2 Å². The van der Waals surface area contributed by atoms with E-state index in [1.54, 1.807) is 22.7 Å². The molecule has 1 saturated heterocycles.